The molecule has 0 saturated carbocycles. The van der Waals surface area contributed by atoms with Crippen molar-refractivity contribution in [3.63, 3.8) is 0 Å². The summed E-state index contributed by atoms with van der Waals surface area (Å²) in [5.74, 6) is 1.46. The predicted molar refractivity (Wildman–Crippen MR) is 112 cm³/mol. The summed E-state index contributed by atoms with van der Waals surface area (Å²) in [5, 5.41) is 3.42. The maximum atomic E-state index is 5.96. The molecule has 4 nitrogen and oxygen atoms in total. The molecule has 0 saturated heterocycles. The lowest BCUT2D eigenvalue weighted by Crippen LogP contribution is -2.16. The lowest BCUT2D eigenvalue weighted by Gasteiger charge is -2.15. The van der Waals surface area contributed by atoms with Gasteiger partial charge in [-0.2, -0.15) is 0 Å². The third kappa shape index (κ3) is 7.54. The first-order valence-electron chi connectivity index (χ1n) is 8.56. The number of hydrogen-bond donors (Lipinski definition) is 1. The molecular formula is C20H27BrClNO3. The Hall–Kier alpha value is -1.27. The average Bonchev–Trinajstić information content (AvgIpc) is 2.64. The van der Waals surface area contributed by atoms with Crippen LogP contribution in [0.3, 0.4) is 0 Å². The Labute approximate surface area is 170 Å². The van der Waals surface area contributed by atoms with Crippen LogP contribution in [-0.4, -0.2) is 26.9 Å². The molecule has 0 aliphatic carbocycles. The first-order chi connectivity index (χ1) is 12.2. The molecule has 0 unspecified atom stereocenters. The van der Waals surface area contributed by atoms with Gasteiger partial charge in [0.25, 0.3) is 0 Å². The molecule has 0 atom stereocenters. The minimum atomic E-state index is 0. The van der Waals surface area contributed by atoms with E-state index in [0.717, 1.165) is 59.8 Å². The van der Waals surface area contributed by atoms with E-state index in [2.05, 4.69) is 27.3 Å². The monoisotopic (exact) mass is 443 g/mol. The lowest BCUT2D eigenvalue weighted by atomic mass is 10.2. The van der Waals surface area contributed by atoms with Crippen LogP contribution in [0.15, 0.2) is 46.9 Å². The van der Waals surface area contributed by atoms with Gasteiger partial charge in [0, 0.05) is 19.8 Å². The Balaban J connectivity index is 0.00000338. The van der Waals surface area contributed by atoms with Gasteiger partial charge in [-0.3, -0.25) is 0 Å². The Morgan fingerprint density at radius 1 is 1.08 bits per heavy atom. The molecule has 2 rings (SSSR count). The van der Waals surface area contributed by atoms with Gasteiger partial charge in [0.1, 0.15) is 6.61 Å². The highest BCUT2D eigenvalue weighted by Gasteiger charge is 2.12. The van der Waals surface area contributed by atoms with Crippen LogP contribution in [0.1, 0.15) is 24.5 Å². The second kappa shape index (κ2) is 13.0. The molecule has 0 fully saturated rings. The summed E-state index contributed by atoms with van der Waals surface area (Å²) in [4.78, 5) is 0. The number of benzene rings is 2. The zero-order valence-electron chi connectivity index (χ0n) is 15.3. The normalized spacial score (nSPS) is 10.3. The number of ether oxygens (including phenoxy) is 3. The van der Waals surface area contributed by atoms with Crippen LogP contribution in [0.4, 0.5) is 0 Å². The van der Waals surface area contributed by atoms with Crippen molar-refractivity contribution in [3.8, 4) is 11.5 Å². The number of hydrogen-bond acceptors (Lipinski definition) is 4. The third-order valence-corrected chi connectivity index (χ3v) is 4.28. The van der Waals surface area contributed by atoms with Crippen molar-refractivity contribution in [1.82, 2.24) is 5.32 Å². The molecule has 0 aliphatic heterocycles. The molecule has 0 aromatic heterocycles. The second-order valence-electron chi connectivity index (χ2n) is 5.61. The molecular weight excluding hydrogens is 418 g/mol. The summed E-state index contributed by atoms with van der Waals surface area (Å²) >= 11 is 3.60. The van der Waals surface area contributed by atoms with Gasteiger partial charge >= 0.3 is 0 Å². The molecule has 1 N–H and O–H groups in total. The van der Waals surface area contributed by atoms with E-state index in [0.29, 0.717) is 6.61 Å². The topological polar surface area (TPSA) is 39.7 Å². The summed E-state index contributed by atoms with van der Waals surface area (Å²) in [7, 11) is 1.66. The molecule has 0 aliphatic rings. The van der Waals surface area contributed by atoms with Gasteiger partial charge in [0.2, 0.25) is 0 Å². The molecule has 6 heteroatoms. The number of methoxy groups -OCH3 is 1. The smallest absolute Gasteiger partial charge is 0.175 e. The van der Waals surface area contributed by atoms with E-state index in [-0.39, 0.29) is 12.4 Å². The fourth-order valence-corrected chi connectivity index (χ4v) is 3.03. The fraction of sp³-hybridized carbons (Fsp3) is 0.400. The van der Waals surface area contributed by atoms with Crippen molar-refractivity contribution in [2.24, 2.45) is 0 Å². The molecule has 2 aromatic carbocycles. The lowest BCUT2D eigenvalue weighted by molar-refractivity contribution is 0.144. The van der Waals surface area contributed by atoms with Gasteiger partial charge in [-0.25, -0.2) is 0 Å². The highest BCUT2D eigenvalue weighted by molar-refractivity contribution is 9.10. The fourth-order valence-electron chi connectivity index (χ4n) is 2.42. The predicted octanol–water partition coefficient (Wildman–Crippen LogP) is 4.97. The van der Waals surface area contributed by atoms with Crippen molar-refractivity contribution in [3.05, 3.63) is 58.1 Å². The van der Waals surface area contributed by atoms with Crippen LogP contribution in [0.5, 0.6) is 11.5 Å². The zero-order valence-corrected chi connectivity index (χ0v) is 17.7. The number of rotatable bonds is 11. The van der Waals surface area contributed by atoms with Crippen molar-refractivity contribution in [1.29, 1.82) is 0 Å². The minimum Gasteiger partial charge on any atom is -0.493 e. The summed E-state index contributed by atoms with van der Waals surface area (Å²) < 4.78 is 17.7. The van der Waals surface area contributed by atoms with E-state index in [1.807, 2.05) is 43.3 Å². The maximum Gasteiger partial charge on any atom is 0.175 e. The molecule has 0 spiro atoms. The van der Waals surface area contributed by atoms with Gasteiger partial charge in [-0.1, -0.05) is 30.3 Å². The minimum absolute atomic E-state index is 0. The van der Waals surface area contributed by atoms with Gasteiger partial charge < -0.3 is 19.5 Å². The van der Waals surface area contributed by atoms with Crippen molar-refractivity contribution >= 4 is 28.3 Å². The molecule has 144 valence electrons. The largest absolute Gasteiger partial charge is 0.493 e. The summed E-state index contributed by atoms with van der Waals surface area (Å²) in [6.07, 6.45) is 1.00. The van der Waals surface area contributed by atoms with Crippen molar-refractivity contribution in [2.45, 2.75) is 26.5 Å². The van der Waals surface area contributed by atoms with E-state index < -0.39 is 0 Å². The molecule has 0 bridgehead atoms. The highest BCUT2D eigenvalue weighted by Crippen LogP contribution is 2.37. The average molecular weight is 445 g/mol. The van der Waals surface area contributed by atoms with Crippen LogP contribution >= 0.6 is 28.3 Å². The van der Waals surface area contributed by atoms with E-state index in [9.17, 15) is 0 Å². The standard InChI is InChI=1S/C20H26BrNO3.ClH/c1-3-24-11-7-10-22-14-17-12-18(21)20(19(13-17)23-2)25-15-16-8-5-4-6-9-16;/h4-6,8-9,12-13,22H,3,7,10-11,14-15H2,1-2H3;1H. The van der Waals surface area contributed by atoms with Gasteiger partial charge in [0.15, 0.2) is 11.5 Å². The van der Waals surface area contributed by atoms with Crippen LogP contribution in [0.25, 0.3) is 0 Å². The van der Waals surface area contributed by atoms with Gasteiger partial charge in [-0.15, -0.1) is 12.4 Å². The zero-order chi connectivity index (χ0) is 17.9. The van der Waals surface area contributed by atoms with Crippen LogP contribution < -0.4 is 14.8 Å². The number of nitrogens with one attached hydrogen (secondary N) is 1. The summed E-state index contributed by atoms with van der Waals surface area (Å²) in [6, 6.07) is 14.2. The van der Waals surface area contributed by atoms with Gasteiger partial charge in [-0.05, 0) is 59.1 Å². The van der Waals surface area contributed by atoms with Crippen LogP contribution in [-0.2, 0) is 17.9 Å². The highest BCUT2D eigenvalue weighted by atomic mass is 79.9. The SMILES string of the molecule is CCOCCCNCc1cc(Br)c(OCc2ccccc2)c(OC)c1.Cl. The van der Waals surface area contributed by atoms with Crippen LogP contribution in [0, 0.1) is 0 Å². The van der Waals surface area contributed by atoms with E-state index >= 15 is 0 Å². The quantitative estimate of drug-likeness (QED) is 0.496. The first-order valence-corrected chi connectivity index (χ1v) is 9.35. The second-order valence-corrected chi connectivity index (χ2v) is 6.46. The third-order valence-electron chi connectivity index (χ3n) is 3.69. The Morgan fingerprint density at radius 3 is 2.54 bits per heavy atom. The van der Waals surface area contributed by atoms with Crippen LogP contribution in [0.2, 0.25) is 0 Å². The van der Waals surface area contributed by atoms with E-state index in [1.165, 1.54) is 0 Å². The first kappa shape index (κ1) is 22.8. The molecule has 0 amide bonds. The number of halogens is 2. The molecule has 0 heterocycles. The molecule has 26 heavy (non-hydrogen) atoms. The Bertz CT molecular complexity index is 640. The maximum absolute atomic E-state index is 5.96. The molecule has 2 aromatic rings. The van der Waals surface area contributed by atoms with Crippen molar-refractivity contribution < 1.29 is 14.2 Å². The Kier molecular flexibility index (Phi) is 11.4. The van der Waals surface area contributed by atoms with E-state index in [4.69, 9.17) is 14.2 Å². The van der Waals surface area contributed by atoms with E-state index in [1.54, 1.807) is 7.11 Å². The summed E-state index contributed by atoms with van der Waals surface area (Å²) in [5.41, 5.74) is 2.27. The summed E-state index contributed by atoms with van der Waals surface area (Å²) in [6.45, 7) is 5.78. The van der Waals surface area contributed by atoms with Gasteiger partial charge in [0.05, 0.1) is 11.6 Å². The van der Waals surface area contributed by atoms with Crippen molar-refractivity contribution in [2.75, 3.05) is 26.9 Å². The Morgan fingerprint density at radius 2 is 1.85 bits per heavy atom. The molecule has 0 radical (unpaired) electrons.